The average Bonchev–Trinajstić information content (AvgIpc) is 2.81. The van der Waals surface area contributed by atoms with Crippen LogP contribution in [0.2, 0.25) is 5.02 Å². The van der Waals surface area contributed by atoms with Gasteiger partial charge in [-0.1, -0.05) is 86.7 Å². The zero-order valence-electron chi connectivity index (χ0n) is 18.6. The Morgan fingerprint density at radius 3 is 1.94 bits per heavy atom. The van der Waals surface area contributed by atoms with E-state index in [2.05, 4.69) is 31.2 Å². The summed E-state index contributed by atoms with van der Waals surface area (Å²) in [4.78, 5) is 0. The molecule has 0 aliphatic heterocycles. The lowest BCUT2D eigenvalue weighted by atomic mass is 9.96. The van der Waals surface area contributed by atoms with E-state index >= 15 is 0 Å². The van der Waals surface area contributed by atoms with E-state index in [1.54, 1.807) is 12.1 Å². The fraction of sp³-hybridized carbons (Fsp3) is 0.241. The standard InChI is InChI=1S/C29H26ClF3/c1-2-3-4-5-6-7-19-8-9-21-15-22(11-10-20(21)14-19)23-12-13-25(26(31)16-23)24-17-27(32)29(30)28(33)18-24/h8-18H,2-7H2,1H3. The fourth-order valence-electron chi connectivity index (χ4n) is 4.20. The Morgan fingerprint density at radius 1 is 0.606 bits per heavy atom. The number of hydrogen-bond acceptors (Lipinski definition) is 0. The van der Waals surface area contributed by atoms with Crippen molar-refractivity contribution in [2.75, 3.05) is 0 Å². The number of unbranched alkanes of at least 4 members (excludes halogenated alkanes) is 4. The van der Waals surface area contributed by atoms with Crippen LogP contribution in [-0.2, 0) is 6.42 Å². The summed E-state index contributed by atoms with van der Waals surface area (Å²) in [5.41, 5.74) is 3.16. The monoisotopic (exact) mass is 466 g/mol. The lowest BCUT2D eigenvalue weighted by Crippen LogP contribution is -1.91. The molecule has 0 saturated carbocycles. The first-order valence-electron chi connectivity index (χ1n) is 11.4. The molecule has 0 N–H and O–H groups in total. The Kier molecular flexibility index (Phi) is 7.39. The minimum absolute atomic E-state index is 0.110. The number of benzene rings is 4. The van der Waals surface area contributed by atoms with Crippen LogP contribution in [0.25, 0.3) is 33.0 Å². The minimum Gasteiger partial charge on any atom is -0.206 e. The molecule has 0 fully saturated rings. The van der Waals surface area contributed by atoms with Crippen LogP contribution in [0.1, 0.15) is 44.6 Å². The first-order valence-corrected chi connectivity index (χ1v) is 11.8. The van der Waals surface area contributed by atoms with Crippen molar-refractivity contribution in [3.05, 3.63) is 94.8 Å². The Balaban J connectivity index is 1.55. The molecular formula is C29H26ClF3. The van der Waals surface area contributed by atoms with Crippen LogP contribution in [0, 0.1) is 17.5 Å². The van der Waals surface area contributed by atoms with E-state index in [0.717, 1.165) is 34.9 Å². The fourth-order valence-corrected chi connectivity index (χ4v) is 4.31. The molecule has 0 bridgehead atoms. The van der Waals surface area contributed by atoms with Crippen molar-refractivity contribution in [1.29, 1.82) is 0 Å². The van der Waals surface area contributed by atoms with Gasteiger partial charge in [0, 0.05) is 5.56 Å². The molecule has 0 amide bonds. The molecule has 0 atom stereocenters. The van der Waals surface area contributed by atoms with Crippen molar-refractivity contribution in [2.24, 2.45) is 0 Å². The van der Waals surface area contributed by atoms with Gasteiger partial charge in [-0.2, -0.15) is 0 Å². The van der Waals surface area contributed by atoms with Crippen molar-refractivity contribution in [2.45, 2.75) is 45.4 Å². The van der Waals surface area contributed by atoms with Gasteiger partial charge in [0.25, 0.3) is 0 Å². The minimum atomic E-state index is -0.912. The zero-order valence-corrected chi connectivity index (χ0v) is 19.4. The maximum absolute atomic E-state index is 14.9. The smallest absolute Gasteiger partial charge is 0.145 e. The van der Waals surface area contributed by atoms with Crippen molar-refractivity contribution in [3.63, 3.8) is 0 Å². The third-order valence-electron chi connectivity index (χ3n) is 6.07. The van der Waals surface area contributed by atoms with E-state index in [-0.39, 0.29) is 11.1 Å². The van der Waals surface area contributed by atoms with Crippen LogP contribution >= 0.6 is 11.6 Å². The van der Waals surface area contributed by atoms with Crippen LogP contribution < -0.4 is 0 Å². The molecule has 0 aromatic heterocycles. The topological polar surface area (TPSA) is 0 Å². The second-order valence-corrected chi connectivity index (χ2v) is 8.89. The third-order valence-corrected chi connectivity index (χ3v) is 6.43. The van der Waals surface area contributed by atoms with E-state index in [9.17, 15) is 13.2 Å². The molecular weight excluding hydrogens is 441 g/mol. The first kappa shape index (κ1) is 23.4. The Labute approximate surface area is 198 Å². The predicted octanol–water partition coefficient (Wildman–Crippen LogP) is 9.76. The summed E-state index contributed by atoms with van der Waals surface area (Å²) in [5, 5.41) is 1.66. The number of rotatable bonds is 8. The highest BCUT2D eigenvalue weighted by Crippen LogP contribution is 2.32. The third kappa shape index (κ3) is 5.42. The SMILES string of the molecule is CCCCCCCc1ccc2cc(-c3ccc(-c4cc(F)c(Cl)c(F)c4)c(F)c3)ccc2c1. The summed E-state index contributed by atoms with van der Waals surface area (Å²) in [7, 11) is 0. The van der Waals surface area contributed by atoms with Gasteiger partial charge in [-0.05, 0) is 70.1 Å². The van der Waals surface area contributed by atoms with Crippen LogP contribution in [0.5, 0.6) is 0 Å². The van der Waals surface area contributed by atoms with E-state index in [0.29, 0.717) is 5.56 Å². The van der Waals surface area contributed by atoms with Crippen LogP contribution in [0.15, 0.2) is 66.7 Å². The number of hydrogen-bond donors (Lipinski definition) is 0. The second-order valence-electron chi connectivity index (χ2n) is 8.51. The molecule has 0 unspecified atom stereocenters. The lowest BCUT2D eigenvalue weighted by Gasteiger charge is -2.10. The number of fused-ring (bicyclic) bond motifs is 1. The molecule has 4 heteroatoms. The van der Waals surface area contributed by atoms with Gasteiger partial charge in [0.05, 0.1) is 0 Å². The largest absolute Gasteiger partial charge is 0.206 e. The molecule has 0 radical (unpaired) electrons. The van der Waals surface area contributed by atoms with Crippen LogP contribution in [0.4, 0.5) is 13.2 Å². The van der Waals surface area contributed by atoms with Crippen molar-refractivity contribution in [3.8, 4) is 22.3 Å². The lowest BCUT2D eigenvalue weighted by molar-refractivity contribution is 0.584. The summed E-state index contributed by atoms with van der Waals surface area (Å²) in [5.74, 6) is -2.37. The molecule has 4 aromatic carbocycles. The molecule has 4 aromatic rings. The number of aryl methyl sites for hydroxylation is 1. The highest BCUT2D eigenvalue weighted by atomic mass is 35.5. The Morgan fingerprint density at radius 2 is 1.21 bits per heavy atom. The van der Waals surface area contributed by atoms with E-state index in [4.69, 9.17) is 11.6 Å². The summed E-state index contributed by atoms with van der Waals surface area (Å²) >= 11 is 5.54. The Bertz CT molecular complexity index is 1260. The van der Waals surface area contributed by atoms with Crippen molar-refractivity contribution < 1.29 is 13.2 Å². The molecule has 33 heavy (non-hydrogen) atoms. The highest BCUT2D eigenvalue weighted by Gasteiger charge is 2.14. The van der Waals surface area contributed by atoms with Gasteiger partial charge in [-0.3, -0.25) is 0 Å². The van der Waals surface area contributed by atoms with Crippen LogP contribution in [0.3, 0.4) is 0 Å². The van der Waals surface area contributed by atoms with Crippen molar-refractivity contribution in [1.82, 2.24) is 0 Å². The summed E-state index contributed by atoms with van der Waals surface area (Å²) < 4.78 is 42.5. The van der Waals surface area contributed by atoms with Crippen molar-refractivity contribution >= 4 is 22.4 Å². The predicted molar refractivity (Wildman–Crippen MR) is 132 cm³/mol. The van der Waals surface area contributed by atoms with E-state index in [1.807, 2.05) is 12.1 Å². The first-order chi connectivity index (χ1) is 16.0. The van der Waals surface area contributed by atoms with Gasteiger partial charge in [0.2, 0.25) is 0 Å². The Hall–Kier alpha value is -2.78. The molecule has 0 nitrogen and oxygen atoms in total. The maximum atomic E-state index is 14.9. The summed E-state index contributed by atoms with van der Waals surface area (Å²) in [6, 6.07) is 19.4. The van der Waals surface area contributed by atoms with Gasteiger partial charge in [-0.25, -0.2) is 13.2 Å². The average molecular weight is 467 g/mol. The summed E-state index contributed by atoms with van der Waals surface area (Å²) in [6.45, 7) is 2.22. The van der Waals surface area contributed by atoms with Gasteiger partial charge in [-0.15, -0.1) is 0 Å². The van der Waals surface area contributed by atoms with Gasteiger partial charge in [0.15, 0.2) is 0 Å². The summed E-state index contributed by atoms with van der Waals surface area (Å²) in [6.07, 6.45) is 7.40. The zero-order chi connectivity index (χ0) is 23.4. The van der Waals surface area contributed by atoms with Crippen LogP contribution in [-0.4, -0.2) is 0 Å². The number of halogens is 4. The van der Waals surface area contributed by atoms with E-state index < -0.39 is 22.5 Å². The quantitative estimate of drug-likeness (QED) is 0.179. The second kappa shape index (κ2) is 10.4. The normalized spacial score (nSPS) is 11.3. The molecule has 4 rings (SSSR count). The molecule has 0 aliphatic carbocycles. The maximum Gasteiger partial charge on any atom is 0.145 e. The van der Waals surface area contributed by atoms with E-state index in [1.165, 1.54) is 43.7 Å². The molecule has 170 valence electrons. The molecule has 0 heterocycles. The van der Waals surface area contributed by atoms with Gasteiger partial charge in [0.1, 0.15) is 22.5 Å². The molecule has 0 aliphatic rings. The van der Waals surface area contributed by atoms with Gasteiger partial charge < -0.3 is 0 Å². The highest BCUT2D eigenvalue weighted by molar-refractivity contribution is 6.31. The molecule has 0 saturated heterocycles. The van der Waals surface area contributed by atoms with Gasteiger partial charge >= 0.3 is 0 Å². The molecule has 0 spiro atoms.